The van der Waals surface area contributed by atoms with E-state index in [1.54, 1.807) is 24.5 Å². The Balaban J connectivity index is 1.41. The second kappa shape index (κ2) is 6.42. The number of nitrogens with zero attached hydrogens (tertiary/aromatic N) is 3. The van der Waals surface area contributed by atoms with Crippen molar-refractivity contribution in [3.63, 3.8) is 0 Å². The Morgan fingerprint density at radius 3 is 2.74 bits per heavy atom. The minimum atomic E-state index is -0.207. The number of rotatable bonds is 3. The quantitative estimate of drug-likeness (QED) is 0.771. The molecule has 2 aliphatic rings. The molecule has 7 heteroatoms. The van der Waals surface area contributed by atoms with Gasteiger partial charge < -0.3 is 19.7 Å². The highest BCUT2D eigenvalue weighted by molar-refractivity contribution is 6.05. The van der Waals surface area contributed by atoms with Gasteiger partial charge in [-0.3, -0.25) is 4.79 Å². The van der Waals surface area contributed by atoms with Crippen LogP contribution in [0.15, 0.2) is 42.7 Å². The van der Waals surface area contributed by atoms with Crippen molar-refractivity contribution in [2.24, 2.45) is 0 Å². The summed E-state index contributed by atoms with van der Waals surface area (Å²) in [6.45, 7) is 2.23. The Hall–Kier alpha value is -3.35. The maximum absolute atomic E-state index is 12.6. The minimum absolute atomic E-state index is 0.185. The van der Waals surface area contributed by atoms with Gasteiger partial charge in [0, 0.05) is 29.7 Å². The lowest BCUT2D eigenvalue weighted by Crippen LogP contribution is -2.19. The predicted octanol–water partition coefficient (Wildman–Crippen LogP) is 3.21. The van der Waals surface area contributed by atoms with Crippen LogP contribution >= 0.6 is 0 Å². The fraction of sp³-hybridized carbons (Fsp3) is 0.250. The summed E-state index contributed by atoms with van der Waals surface area (Å²) in [4.78, 5) is 23.7. The number of hydrogen-bond acceptors (Lipinski definition) is 6. The number of carbonyl (C=O) groups excluding carboxylic acids is 1. The molecular formula is C20H18N4O3. The summed E-state index contributed by atoms with van der Waals surface area (Å²) < 4.78 is 10.6. The Kier molecular flexibility index (Phi) is 3.78. The van der Waals surface area contributed by atoms with Crippen LogP contribution in [0.5, 0.6) is 11.5 Å². The molecule has 1 saturated heterocycles. The number of aromatic nitrogens is 2. The lowest BCUT2D eigenvalue weighted by Gasteiger charge is -2.18. The molecule has 27 heavy (non-hydrogen) atoms. The van der Waals surface area contributed by atoms with E-state index in [2.05, 4.69) is 20.2 Å². The van der Waals surface area contributed by atoms with Crippen LogP contribution < -0.4 is 19.7 Å². The SMILES string of the molecule is O=C(Nc1ccc2c(N3CCCC3)ncnc2c1)c1ccc2c(c1)OCO2. The molecule has 1 amide bonds. The molecule has 7 nitrogen and oxygen atoms in total. The van der Waals surface area contributed by atoms with Crippen LogP contribution in [0.1, 0.15) is 23.2 Å². The number of nitrogens with one attached hydrogen (secondary N) is 1. The molecule has 0 aliphatic carbocycles. The topological polar surface area (TPSA) is 76.6 Å². The van der Waals surface area contributed by atoms with Crippen LogP contribution in [0.25, 0.3) is 10.9 Å². The van der Waals surface area contributed by atoms with Gasteiger partial charge in [0.15, 0.2) is 11.5 Å². The molecule has 0 bridgehead atoms. The van der Waals surface area contributed by atoms with Gasteiger partial charge in [0.05, 0.1) is 5.52 Å². The van der Waals surface area contributed by atoms with Gasteiger partial charge in [-0.1, -0.05) is 0 Å². The Labute approximate surface area is 155 Å². The minimum Gasteiger partial charge on any atom is -0.454 e. The van der Waals surface area contributed by atoms with E-state index in [0.29, 0.717) is 22.7 Å². The molecule has 1 aromatic heterocycles. The predicted molar refractivity (Wildman–Crippen MR) is 102 cm³/mol. The monoisotopic (exact) mass is 362 g/mol. The number of carbonyl (C=O) groups is 1. The first-order chi connectivity index (χ1) is 13.3. The molecule has 3 heterocycles. The maximum atomic E-state index is 12.6. The number of hydrogen-bond donors (Lipinski definition) is 1. The van der Waals surface area contributed by atoms with Crippen molar-refractivity contribution in [2.45, 2.75) is 12.8 Å². The lowest BCUT2D eigenvalue weighted by molar-refractivity contribution is 0.102. The van der Waals surface area contributed by atoms with Crippen LogP contribution in [0.4, 0.5) is 11.5 Å². The molecule has 136 valence electrons. The Morgan fingerprint density at radius 2 is 1.85 bits per heavy atom. The van der Waals surface area contributed by atoms with Crippen LogP contribution in [0.2, 0.25) is 0 Å². The van der Waals surface area contributed by atoms with E-state index in [1.807, 2.05) is 18.2 Å². The first-order valence-electron chi connectivity index (χ1n) is 8.99. The van der Waals surface area contributed by atoms with Crippen molar-refractivity contribution < 1.29 is 14.3 Å². The Morgan fingerprint density at radius 1 is 1.00 bits per heavy atom. The van der Waals surface area contributed by atoms with Crippen LogP contribution in [0, 0.1) is 0 Å². The maximum Gasteiger partial charge on any atom is 0.255 e. The zero-order chi connectivity index (χ0) is 18.2. The first-order valence-corrected chi connectivity index (χ1v) is 8.99. The molecule has 2 aromatic carbocycles. The van der Waals surface area contributed by atoms with Gasteiger partial charge in [0.1, 0.15) is 12.1 Å². The first kappa shape index (κ1) is 15.9. The fourth-order valence-electron chi connectivity index (χ4n) is 3.54. The summed E-state index contributed by atoms with van der Waals surface area (Å²) in [5, 5.41) is 3.92. The average Bonchev–Trinajstić information content (AvgIpc) is 3.38. The van der Waals surface area contributed by atoms with E-state index >= 15 is 0 Å². The Bertz CT molecular complexity index is 1030. The third kappa shape index (κ3) is 2.91. The lowest BCUT2D eigenvalue weighted by atomic mass is 10.1. The number of benzene rings is 2. The third-order valence-electron chi connectivity index (χ3n) is 4.91. The summed E-state index contributed by atoms with van der Waals surface area (Å²) in [6.07, 6.45) is 3.96. The standard InChI is InChI=1S/C20H18N4O3/c25-20(13-3-6-17-18(9-13)27-12-26-17)23-14-4-5-15-16(10-14)21-11-22-19(15)24-7-1-2-8-24/h3-6,9-11H,1-2,7-8,12H2,(H,23,25). The van der Waals surface area contributed by atoms with Gasteiger partial charge in [0.2, 0.25) is 6.79 Å². The van der Waals surface area contributed by atoms with Crippen molar-refractivity contribution in [1.29, 1.82) is 0 Å². The van der Waals surface area contributed by atoms with Crippen molar-refractivity contribution in [2.75, 3.05) is 30.1 Å². The molecule has 3 aromatic rings. The van der Waals surface area contributed by atoms with Crippen LogP contribution in [0.3, 0.4) is 0 Å². The van der Waals surface area contributed by atoms with E-state index in [9.17, 15) is 4.79 Å². The van der Waals surface area contributed by atoms with Gasteiger partial charge in [-0.15, -0.1) is 0 Å². The normalized spacial score (nSPS) is 15.3. The zero-order valence-corrected chi connectivity index (χ0v) is 14.6. The summed E-state index contributed by atoms with van der Waals surface area (Å²) in [5.74, 6) is 2.00. The van der Waals surface area contributed by atoms with E-state index in [4.69, 9.17) is 9.47 Å². The van der Waals surface area contributed by atoms with Crippen LogP contribution in [-0.2, 0) is 0 Å². The molecule has 0 spiro atoms. The molecule has 0 saturated carbocycles. The van der Waals surface area contributed by atoms with E-state index in [-0.39, 0.29) is 12.7 Å². The fourth-order valence-corrected chi connectivity index (χ4v) is 3.54. The molecule has 1 N–H and O–H groups in total. The van der Waals surface area contributed by atoms with Crippen molar-refractivity contribution >= 4 is 28.3 Å². The van der Waals surface area contributed by atoms with Crippen molar-refractivity contribution in [3.05, 3.63) is 48.3 Å². The summed E-state index contributed by atoms with van der Waals surface area (Å²) in [5.41, 5.74) is 2.02. The third-order valence-corrected chi connectivity index (χ3v) is 4.91. The average molecular weight is 362 g/mol. The van der Waals surface area contributed by atoms with Crippen molar-refractivity contribution in [1.82, 2.24) is 9.97 Å². The number of anilines is 2. The smallest absolute Gasteiger partial charge is 0.255 e. The van der Waals surface area contributed by atoms with Gasteiger partial charge in [0.25, 0.3) is 5.91 Å². The molecule has 2 aliphatic heterocycles. The number of fused-ring (bicyclic) bond motifs is 2. The summed E-state index contributed by atoms with van der Waals surface area (Å²) in [6, 6.07) is 10.9. The summed E-state index contributed by atoms with van der Waals surface area (Å²) >= 11 is 0. The number of ether oxygens (including phenoxy) is 2. The van der Waals surface area contributed by atoms with E-state index < -0.39 is 0 Å². The second-order valence-corrected chi connectivity index (χ2v) is 6.65. The highest BCUT2D eigenvalue weighted by atomic mass is 16.7. The van der Waals surface area contributed by atoms with E-state index in [0.717, 1.165) is 29.8 Å². The highest BCUT2D eigenvalue weighted by Gasteiger charge is 2.18. The van der Waals surface area contributed by atoms with Gasteiger partial charge >= 0.3 is 0 Å². The molecule has 0 atom stereocenters. The molecule has 1 fully saturated rings. The van der Waals surface area contributed by atoms with E-state index in [1.165, 1.54) is 12.8 Å². The number of amides is 1. The molecular weight excluding hydrogens is 344 g/mol. The zero-order valence-electron chi connectivity index (χ0n) is 14.6. The van der Waals surface area contributed by atoms with Gasteiger partial charge in [-0.2, -0.15) is 0 Å². The highest BCUT2D eigenvalue weighted by Crippen LogP contribution is 2.33. The molecule has 5 rings (SSSR count). The largest absolute Gasteiger partial charge is 0.454 e. The molecule has 0 radical (unpaired) electrons. The van der Waals surface area contributed by atoms with Gasteiger partial charge in [-0.25, -0.2) is 9.97 Å². The molecule has 0 unspecified atom stereocenters. The van der Waals surface area contributed by atoms with Crippen LogP contribution in [-0.4, -0.2) is 35.8 Å². The van der Waals surface area contributed by atoms with Gasteiger partial charge in [-0.05, 0) is 49.2 Å². The summed E-state index contributed by atoms with van der Waals surface area (Å²) in [7, 11) is 0. The van der Waals surface area contributed by atoms with Crippen molar-refractivity contribution in [3.8, 4) is 11.5 Å². The second-order valence-electron chi connectivity index (χ2n) is 6.65.